The van der Waals surface area contributed by atoms with Crippen LogP contribution in [0, 0.1) is 0 Å². The van der Waals surface area contributed by atoms with E-state index in [1.54, 1.807) is 30.3 Å². The van der Waals surface area contributed by atoms with Crippen molar-refractivity contribution in [2.75, 3.05) is 7.11 Å². The molecule has 1 aromatic heterocycles. The van der Waals surface area contributed by atoms with Crippen molar-refractivity contribution >= 4 is 35.1 Å². The molecule has 0 radical (unpaired) electrons. The molecule has 3 aromatic rings. The standard InChI is InChI=1S/C25H25Cl2N3O5/c1-25(2,3)30-23(32)20(19(35-4)13-28-30)15-10-8-14(9-11-15)12-18(24(33)34)29-22(31)21-16(26)6-5-7-17(21)27/h5-11,13,18H,12H2,1-4H3,(H,29,31)(H,33,34)/t18-/m0/s1. The first kappa shape index (κ1) is 26.2. The molecule has 0 saturated carbocycles. The average molecular weight is 518 g/mol. The summed E-state index contributed by atoms with van der Waals surface area (Å²) in [6, 6.07) is 10.2. The number of methoxy groups -OCH3 is 1. The minimum absolute atomic E-state index is 0.00310. The van der Waals surface area contributed by atoms with Crippen molar-refractivity contribution in [2.24, 2.45) is 0 Å². The van der Waals surface area contributed by atoms with E-state index >= 15 is 0 Å². The van der Waals surface area contributed by atoms with Crippen LogP contribution in [0.3, 0.4) is 0 Å². The Morgan fingerprint density at radius 2 is 1.71 bits per heavy atom. The van der Waals surface area contributed by atoms with Gasteiger partial charge in [-0.25, -0.2) is 9.48 Å². The molecular formula is C25H25Cl2N3O5. The van der Waals surface area contributed by atoms with Gasteiger partial charge in [-0.15, -0.1) is 0 Å². The second-order valence-corrected chi connectivity index (χ2v) is 9.65. The largest absolute Gasteiger partial charge is 0.494 e. The van der Waals surface area contributed by atoms with Gasteiger partial charge in [0.15, 0.2) is 5.75 Å². The van der Waals surface area contributed by atoms with Gasteiger partial charge in [0.25, 0.3) is 11.5 Å². The van der Waals surface area contributed by atoms with Crippen LogP contribution < -0.4 is 15.6 Å². The van der Waals surface area contributed by atoms with Crippen LogP contribution in [0.5, 0.6) is 5.75 Å². The highest BCUT2D eigenvalue weighted by atomic mass is 35.5. The molecule has 0 bridgehead atoms. The van der Waals surface area contributed by atoms with Gasteiger partial charge in [0.1, 0.15) is 6.04 Å². The van der Waals surface area contributed by atoms with Crippen molar-refractivity contribution < 1.29 is 19.4 Å². The molecule has 0 unspecified atom stereocenters. The number of benzene rings is 2. The fourth-order valence-corrected chi connectivity index (χ4v) is 4.09. The SMILES string of the molecule is COc1cnn(C(C)(C)C)c(=O)c1-c1ccc(C[C@H](NC(=O)c2c(Cl)cccc2Cl)C(=O)O)cc1. The summed E-state index contributed by atoms with van der Waals surface area (Å²) in [5.41, 5.74) is 0.746. The van der Waals surface area contributed by atoms with E-state index < -0.39 is 23.5 Å². The highest BCUT2D eigenvalue weighted by Crippen LogP contribution is 2.27. The number of halogens is 2. The number of aliphatic carboxylic acids is 1. The molecule has 184 valence electrons. The maximum absolute atomic E-state index is 13.1. The van der Waals surface area contributed by atoms with Crippen molar-refractivity contribution in [1.29, 1.82) is 0 Å². The number of carboxylic acid groups (broad SMARTS) is 1. The summed E-state index contributed by atoms with van der Waals surface area (Å²) < 4.78 is 6.74. The Kier molecular flexibility index (Phi) is 7.87. The van der Waals surface area contributed by atoms with Gasteiger partial charge in [-0.05, 0) is 44.0 Å². The number of carbonyl (C=O) groups excluding carboxylic acids is 1. The molecule has 35 heavy (non-hydrogen) atoms. The Bertz CT molecular complexity index is 1290. The van der Waals surface area contributed by atoms with E-state index in [9.17, 15) is 19.5 Å². The normalized spacial score (nSPS) is 12.2. The molecule has 0 aliphatic carbocycles. The van der Waals surface area contributed by atoms with E-state index in [0.29, 0.717) is 22.4 Å². The van der Waals surface area contributed by atoms with Gasteiger partial charge in [0.2, 0.25) is 0 Å². The predicted molar refractivity (Wildman–Crippen MR) is 135 cm³/mol. The van der Waals surface area contributed by atoms with Crippen molar-refractivity contribution in [3.8, 4) is 16.9 Å². The van der Waals surface area contributed by atoms with Crippen molar-refractivity contribution in [2.45, 2.75) is 38.8 Å². The Balaban J connectivity index is 1.88. The molecule has 1 atom stereocenters. The number of aromatic nitrogens is 2. The van der Waals surface area contributed by atoms with Crippen LogP contribution in [0.1, 0.15) is 36.7 Å². The molecular weight excluding hydrogens is 493 g/mol. The van der Waals surface area contributed by atoms with Gasteiger partial charge in [-0.3, -0.25) is 9.59 Å². The Hall–Kier alpha value is -3.36. The summed E-state index contributed by atoms with van der Waals surface area (Å²) in [4.78, 5) is 37.6. The van der Waals surface area contributed by atoms with Gasteiger partial charge < -0.3 is 15.2 Å². The Labute approximate surface area is 212 Å². The van der Waals surface area contributed by atoms with Gasteiger partial charge in [-0.2, -0.15) is 5.10 Å². The molecule has 0 fully saturated rings. The van der Waals surface area contributed by atoms with Gasteiger partial charge in [-0.1, -0.05) is 53.5 Å². The number of amides is 1. The summed E-state index contributed by atoms with van der Waals surface area (Å²) in [6.07, 6.45) is 1.49. The molecule has 2 N–H and O–H groups in total. The van der Waals surface area contributed by atoms with Crippen molar-refractivity contribution in [3.05, 3.63) is 80.2 Å². The Morgan fingerprint density at radius 1 is 1.11 bits per heavy atom. The van der Waals surface area contributed by atoms with Crippen LogP contribution >= 0.6 is 23.2 Å². The number of ether oxygens (including phenoxy) is 1. The lowest BCUT2D eigenvalue weighted by Crippen LogP contribution is -2.42. The third-order valence-electron chi connectivity index (χ3n) is 5.27. The molecule has 0 spiro atoms. The predicted octanol–water partition coefficient (Wildman–Crippen LogP) is 4.41. The zero-order chi connectivity index (χ0) is 25.9. The fraction of sp³-hybridized carbons (Fsp3) is 0.280. The lowest BCUT2D eigenvalue weighted by atomic mass is 10.0. The summed E-state index contributed by atoms with van der Waals surface area (Å²) in [5, 5.41) is 16.6. The molecule has 0 saturated heterocycles. The molecule has 3 rings (SSSR count). The van der Waals surface area contributed by atoms with Crippen LogP contribution in [-0.4, -0.2) is 39.9 Å². The number of carboxylic acids is 1. The van der Waals surface area contributed by atoms with Crippen LogP contribution in [0.25, 0.3) is 11.1 Å². The van der Waals surface area contributed by atoms with E-state index in [1.165, 1.54) is 30.1 Å². The first-order valence-corrected chi connectivity index (χ1v) is 11.4. The third-order valence-corrected chi connectivity index (χ3v) is 5.90. The van der Waals surface area contributed by atoms with Crippen molar-refractivity contribution in [1.82, 2.24) is 15.1 Å². The van der Waals surface area contributed by atoms with E-state index in [2.05, 4.69) is 10.4 Å². The smallest absolute Gasteiger partial charge is 0.326 e. The summed E-state index contributed by atoms with van der Waals surface area (Å²) in [7, 11) is 1.46. The molecule has 0 aliphatic rings. The molecule has 1 heterocycles. The van der Waals surface area contributed by atoms with E-state index in [1.807, 2.05) is 20.8 Å². The van der Waals surface area contributed by atoms with E-state index in [0.717, 1.165) is 0 Å². The molecule has 0 aliphatic heterocycles. The minimum atomic E-state index is -1.23. The summed E-state index contributed by atoms with van der Waals surface area (Å²) >= 11 is 12.1. The fourth-order valence-electron chi connectivity index (χ4n) is 3.53. The monoisotopic (exact) mass is 517 g/mol. The highest BCUT2D eigenvalue weighted by Gasteiger charge is 2.25. The lowest BCUT2D eigenvalue weighted by molar-refractivity contribution is -0.139. The highest BCUT2D eigenvalue weighted by molar-refractivity contribution is 6.39. The second-order valence-electron chi connectivity index (χ2n) is 8.84. The molecule has 2 aromatic carbocycles. The zero-order valence-corrected chi connectivity index (χ0v) is 21.1. The molecule has 10 heteroatoms. The number of hydrogen-bond acceptors (Lipinski definition) is 5. The average Bonchev–Trinajstić information content (AvgIpc) is 2.78. The van der Waals surface area contributed by atoms with Gasteiger partial charge in [0, 0.05) is 6.42 Å². The van der Waals surface area contributed by atoms with Crippen LogP contribution in [-0.2, 0) is 16.8 Å². The Morgan fingerprint density at radius 3 is 2.23 bits per heavy atom. The van der Waals surface area contributed by atoms with E-state index in [-0.39, 0.29) is 27.6 Å². The molecule has 1 amide bonds. The maximum atomic E-state index is 13.1. The third kappa shape index (κ3) is 5.83. The van der Waals surface area contributed by atoms with Crippen LogP contribution in [0.4, 0.5) is 0 Å². The summed E-state index contributed by atoms with van der Waals surface area (Å²) in [5.74, 6) is -1.57. The zero-order valence-electron chi connectivity index (χ0n) is 19.6. The number of rotatable bonds is 7. The first-order valence-electron chi connectivity index (χ1n) is 10.7. The quantitative estimate of drug-likeness (QED) is 0.480. The van der Waals surface area contributed by atoms with Gasteiger partial charge in [0.05, 0.1) is 40.0 Å². The second kappa shape index (κ2) is 10.5. The van der Waals surface area contributed by atoms with Crippen molar-refractivity contribution in [3.63, 3.8) is 0 Å². The maximum Gasteiger partial charge on any atom is 0.326 e. The van der Waals surface area contributed by atoms with E-state index in [4.69, 9.17) is 27.9 Å². The topological polar surface area (TPSA) is 111 Å². The summed E-state index contributed by atoms with van der Waals surface area (Å²) in [6.45, 7) is 5.62. The number of hydrogen-bond donors (Lipinski definition) is 2. The van der Waals surface area contributed by atoms with Crippen LogP contribution in [0.15, 0.2) is 53.5 Å². The number of carbonyl (C=O) groups is 2. The first-order chi connectivity index (χ1) is 16.4. The number of nitrogens with one attached hydrogen (secondary N) is 1. The molecule has 8 nitrogen and oxygen atoms in total. The number of nitrogens with zero attached hydrogens (tertiary/aromatic N) is 2. The van der Waals surface area contributed by atoms with Crippen LogP contribution in [0.2, 0.25) is 10.0 Å². The van der Waals surface area contributed by atoms with Gasteiger partial charge >= 0.3 is 5.97 Å². The minimum Gasteiger partial charge on any atom is -0.494 e. The lowest BCUT2D eigenvalue weighted by Gasteiger charge is -2.22.